The molecule has 2 aromatic carbocycles. The summed E-state index contributed by atoms with van der Waals surface area (Å²) in [5.41, 5.74) is 2.82. The number of aliphatic carboxylic acids is 1. The second kappa shape index (κ2) is 10.7. The van der Waals surface area contributed by atoms with Crippen LogP contribution in [0.2, 0.25) is 0 Å². The predicted molar refractivity (Wildman–Crippen MR) is 121 cm³/mol. The zero-order valence-corrected chi connectivity index (χ0v) is 22.0. The van der Waals surface area contributed by atoms with Gasteiger partial charge in [-0.1, -0.05) is 6.07 Å². The van der Waals surface area contributed by atoms with E-state index in [2.05, 4.69) is 9.97 Å². The summed E-state index contributed by atoms with van der Waals surface area (Å²) < 4.78 is 36.0. The summed E-state index contributed by atoms with van der Waals surface area (Å²) in [6, 6.07) is 10.1. The largest absolute Gasteiger partial charge is 1.00 e. The van der Waals surface area contributed by atoms with E-state index >= 15 is 0 Å². The van der Waals surface area contributed by atoms with Crippen molar-refractivity contribution < 1.29 is 62.5 Å². The molecule has 0 N–H and O–H groups in total. The summed E-state index contributed by atoms with van der Waals surface area (Å²) in [6.45, 7) is 0.317. The van der Waals surface area contributed by atoms with Gasteiger partial charge in [0, 0.05) is 24.6 Å². The quantitative estimate of drug-likeness (QED) is 0.314. The Bertz CT molecular complexity index is 1390. The van der Waals surface area contributed by atoms with Crippen molar-refractivity contribution in [1.82, 2.24) is 9.97 Å². The number of carboxylic acid groups (broad SMARTS) is 1. The molecule has 0 saturated heterocycles. The number of carboxylic acids is 1. The molecular weight excluding hydrogens is 480 g/mol. The SMILES string of the molecule is COc1ccc(COc2c(OC)ccc3c2C[C@@H](C(=O)[O-])N(c2nc4ccc(F)cc4o2)C3)nc1.[Na+]. The van der Waals surface area contributed by atoms with E-state index in [1.54, 1.807) is 31.5 Å². The second-order valence-electron chi connectivity index (χ2n) is 7.99. The van der Waals surface area contributed by atoms with E-state index in [1.165, 1.54) is 30.2 Å². The van der Waals surface area contributed by atoms with Crippen LogP contribution in [0.1, 0.15) is 16.8 Å². The van der Waals surface area contributed by atoms with Crippen LogP contribution in [0, 0.1) is 5.82 Å². The summed E-state index contributed by atoms with van der Waals surface area (Å²) >= 11 is 0. The molecule has 9 nitrogen and oxygen atoms in total. The van der Waals surface area contributed by atoms with E-state index < -0.39 is 17.8 Å². The first-order chi connectivity index (χ1) is 17.0. The van der Waals surface area contributed by atoms with Crippen molar-refractivity contribution in [3.63, 3.8) is 0 Å². The smallest absolute Gasteiger partial charge is 0.548 e. The Hall–Kier alpha value is -3.34. The molecule has 0 spiro atoms. The summed E-state index contributed by atoms with van der Waals surface area (Å²) in [5.74, 6) is -0.230. The number of benzene rings is 2. The van der Waals surface area contributed by atoms with Gasteiger partial charge >= 0.3 is 29.6 Å². The molecule has 11 heteroatoms. The third kappa shape index (κ3) is 4.97. The summed E-state index contributed by atoms with van der Waals surface area (Å²) in [7, 11) is 3.08. The average Bonchev–Trinajstić information content (AvgIpc) is 3.29. The molecule has 0 unspecified atom stereocenters. The Kier molecular flexibility index (Phi) is 7.67. The minimum absolute atomic E-state index is 0. The number of carbonyl (C=O) groups is 1. The molecule has 1 atom stereocenters. The maximum absolute atomic E-state index is 13.6. The number of anilines is 1. The van der Waals surface area contributed by atoms with Crippen LogP contribution in [0.25, 0.3) is 11.1 Å². The van der Waals surface area contributed by atoms with E-state index in [9.17, 15) is 14.3 Å². The van der Waals surface area contributed by atoms with Gasteiger partial charge in [0.05, 0.1) is 38.1 Å². The third-order valence-electron chi connectivity index (χ3n) is 5.91. The number of pyridine rings is 1. The molecule has 2 aromatic heterocycles. The number of carbonyl (C=O) groups excluding carboxylic acids is 1. The first-order valence-electron chi connectivity index (χ1n) is 10.8. The van der Waals surface area contributed by atoms with Gasteiger partial charge < -0.3 is 33.4 Å². The summed E-state index contributed by atoms with van der Waals surface area (Å²) in [4.78, 5) is 22.3. The molecule has 0 fully saturated rings. The van der Waals surface area contributed by atoms with Crippen molar-refractivity contribution in [2.75, 3.05) is 19.1 Å². The van der Waals surface area contributed by atoms with E-state index in [1.807, 2.05) is 6.07 Å². The van der Waals surface area contributed by atoms with Crippen molar-refractivity contribution in [2.45, 2.75) is 25.6 Å². The molecule has 3 heterocycles. The van der Waals surface area contributed by atoms with Gasteiger partial charge in [0.2, 0.25) is 0 Å². The second-order valence-corrected chi connectivity index (χ2v) is 7.99. The topological polar surface area (TPSA) is 110 Å². The van der Waals surface area contributed by atoms with Gasteiger partial charge in [-0.3, -0.25) is 4.98 Å². The van der Waals surface area contributed by atoms with Crippen LogP contribution in [0.5, 0.6) is 17.2 Å². The number of halogens is 1. The normalized spacial score (nSPS) is 14.6. The number of nitrogens with zero attached hydrogens (tertiary/aromatic N) is 3. The van der Waals surface area contributed by atoms with E-state index in [-0.39, 0.29) is 60.7 Å². The Morgan fingerprint density at radius 3 is 2.72 bits per heavy atom. The predicted octanol–water partition coefficient (Wildman–Crippen LogP) is -0.357. The van der Waals surface area contributed by atoms with Crippen molar-refractivity contribution in [3.05, 3.63) is 71.3 Å². The molecule has 180 valence electrons. The molecule has 0 radical (unpaired) electrons. The van der Waals surface area contributed by atoms with Gasteiger partial charge in [0.25, 0.3) is 6.01 Å². The Morgan fingerprint density at radius 1 is 1.19 bits per heavy atom. The Balaban J connectivity index is 0.00000304. The number of ether oxygens (including phenoxy) is 3. The number of methoxy groups -OCH3 is 2. The minimum Gasteiger partial charge on any atom is -0.548 e. The van der Waals surface area contributed by atoms with Crippen LogP contribution in [0.15, 0.2) is 53.1 Å². The average molecular weight is 501 g/mol. The molecule has 1 aliphatic heterocycles. The number of rotatable bonds is 7. The maximum atomic E-state index is 13.6. The summed E-state index contributed by atoms with van der Waals surface area (Å²) in [5, 5.41) is 12.1. The minimum atomic E-state index is -1.30. The van der Waals surface area contributed by atoms with Crippen LogP contribution in [0.4, 0.5) is 10.4 Å². The first kappa shape index (κ1) is 25.7. The fraction of sp³-hybridized carbons (Fsp3) is 0.240. The van der Waals surface area contributed by atoms with Crippen LogP contribution < -0.4 is 53.8 Å². The molecule has 0 aliphatic carbocycles. The van der Waals surface area contributed by atoms with Crippen LogP contribution in [0.3, 0.4) is 0 Å². The van der Waals surface area contributed by atoms with Gasteiger partial charge in [0.15, 0.2) is 17.1 Å². The van der Waals surface area contributed by atoms with Crippen LogP contribution in [-0.2, 0) is 24.4 Å². The van der Waals surface area contributed by atoms with E-state index in [0.717, 1.165) is 5.56 Å². The van der Waals surface area contributed by atoms with Crippen LogP contribution in [-0.4, -0.2) is 36.2 Å². The van der Waals surface area contributed by atoms with Crippen molar-refractivity contribution >= 4 is 23.1 Å². The standard InChI is InChI=1S/C25H22FN3O6.Na/c1-32-17-6-5-16(27-11-17)13-34-23-18-10-20(24(30)31)29(12-14(18)3-8-21(23)33-2)25-28-19-7-4-15(26)9-22(19)35-25;/h3-9,11,20H,10,12-13H2,1-2H3,(H,30,31);/q;+1/p-1/t20-;/m0./s1. The zero-order chi connectivity index (χ0) is 24.5. The molecule has 1 aliphatic rings. The fourth-order valence-electron chi connectivity index (χ4n) is 4.12. The number of hydrogen-bond donors (Lipinski definition) is 0. The van der Waals surface area contributed by atoms with Gasteiger partial charge in [0.1, 0.15) is 23.7 Å². The van der Waals surface area contributed by atoms with Crippen LogP contribution >= 0.6 is 0 Å². The Labute approximate surface area is 228 Å². The molecular formula is C25H21FN3NaO6. The van der Waals surface area contributed by atoms with Gasteiger partial charge in [-0.05, 0) is 35.9 Å². The molecule has 0 saturated carbocycles. The number of oxazole rings is 1. The maximum Gasteiger partial charge on any atom is 1.00 e. The monoisotopic (exact) mass is 501 g/mol. The summed E-state index contributed by atoms with van der Waals surface area (Å²) in [6.07, 6.45) is 1.65. The van der Waals surface area contributed by atoms with Crippen molar-refractivity contribution in [3.8, 4) is 17.2 Å². The van der Waals surface area contributed by atoms with Crippen molar-refractivity contribution in [2.24, 2.45) is 0 Å². The zero-order valence-electron chi connectivity index (χ0n) is 20.0. The molecule has 4 aromatic rings. The number of aromatic nitrogens is 2. The van der Waals surface area contributed by atoms with Gasteiger partial charge in [-0.15, -0.1) is 0 Å². The third-order valence-corrected chi connectivity index (χ3v) is 5.91. The molecule has 36 heavy (non-hydrogen) atoms. The molecule has 0 bridgehead atoms. The number of fused-ring (bicyclic) bond motifs is 2. The van der Waals surface area contributed by atoms with E-state index in [0.29, 0.717) is 34.0 Å². The fourth-order valence-corrected chi connectivity index (χ4v) is 4.12. The first-order valence-corrected chi connectivity index (χ1v) is 10.8. The number of hydrogen-bond acceptors (Lipinski definition) is 9. The van der Waals surface area contributed by atoms with Crippen molar-refractivity contribution in [1.29, 1.82) is 0 Å². The molecule has 5 rings (SSSR count). The Morgan fingerprint density at radius 2 is 2.03 bits per heavy atom. The van der Waals surface area contributed by atoms with Gasteiger partial charge in [-0.2, -0.15) is 4.98 Å². The molecule has 0 amide bonds. The van der Waals surface area contributed by atoms with Gasteiger partial charge in [-0.25, -0.2) is 4.39 Å². The van der Waals surface area contributed by atoms with E-state index in [4.69, 9.17) is 18.6 Å².